The molecule has 0 saturated carbocycles. The van der Waals surface area contributed by atoms with E-state index in [0.717, 1.165) is 11.4 Å². The fourth-order valence-electron chi connectivity index (χ4n) is 1.65. The van der Waals surface area contributed by atoms with E-state index in [1.807, 2.05) is 12.1 Å². The highest BCUT2D eigenvalue weighted by atomic mass is 16.4. The van der Waals surface area contributed by atoms with Crippen LogP contribution in [0.3, 0.4) is 0 Å². The smallest absolute Gasteiger partial charge is 0.326 e. The lowest BCUT2D eigenvalue weighted by Gasteiger charge is -2.16. The Balaban J connectivity index is 2.38. The molecule has 0 saturated heterocycles. The monoisotopic (exact) mass is 178 g/mol. The SMILES string of the molecule is CN1c2ncccc2CC1C(=O)O. The first-order chi connectivity index (χ1) is 6.20. The number of fused-ring (bicyclic) bond motifs is 1. The van der Waals surface area contributed by atoms with Crippen molar-refractivity contribution in [2.45, 2.75) is 12.5 Å². The summed E-state index contributed by atoms with van der Waals surface area (Å²) in [4.78, 5) is 16.7. The van der Waals surface area contributed by atoms with Gasteiger partial charge in [0, 0.05) is 19.7 Å². The summed E-state index contributed by atoms with van der Waals surface area (Å²) in [5.41, 5.74) is 1.01. The minimum atomic E-state index is -0.791. The van der Waals surface area contributed by atoms with Crippen LogP contribution in [0, 0.1) is 0 Å². The van der Waals surface area contributed by atoms with Gasteiger partial charge in [-0.3, -0.25) is 0 Å². The maximum Gasteiger partial charge on any atom is 0.326 e. The Morgan fingerprint density at radius 3 is 3.15 bits per heavy atom. The quantitative estimate of drug-likeness (QED) is 0.681. The Morgan fingerprint density at radius 1 is 1.77 bits per heavy atom. The summed E-state index contributed by atoms with van der Waals surface area (Å²) in [5, 5.41) is 8.89. The number of carbonyl (C=O) groups is 1. The zero-order valence-corrected chi connectivity index (χ0v) is 7.27. The van der Waals surface area contributed by atoms with Crippen molar-refractivity contribution in [2.75, 3.05) is 11.9 Å². The van der Waals surface area contributed by atoms with Crippen LogP contribution in [0.4, 0.5) is 5.82 Å². The molecule has 0 amide bonds. The van der Waals surface area contributed by atoms with Gasteiger partial charge in [-0.1, -0.05) is 6.07 Å². The summed E-state index contributed by atoms with van der Waals surface area (Å²) < 4.78 is 0. The van der Waals surface area contributed by atoms with Crippen molar-refractivity contribution in [2.24, 2.45) is 0 Å². The molecule has 1 atom stereocenters. The molecule has 1 aliphatic rings. The van der Waals surface area contributed by atoms with Crippen LogP contribution in [0.2, 0.25) is 0 Å². The van der Waals surface area contributed by atoms with E-state index in [9.17, 15) is 4.79 Å². The Kier molecular flexibility index (Phi) is 1.69. The molecule has 0 spiro atoms. The highest BCUT2D eigenvalue weighted by Crippen LogP contribution is 2.27. The van der Waals surface area contributed by atoms with Gasteiger partial charge < -0.3 is 10.0 Å². The van der Waals surface area contributed by atoms with E-state index in [-0.39, 0.29) is 0 Å². The average Bonchev–Trinajstić information content (AvgIpc) is 2.45. The van der Waals surface area contributed by atoms with E-state index in [1.165, 1.54) is 0 Å². The molecule has 4 nitrogen and oxygen atoms in total. The number of rotatable bonds is 1. The maximum atomic E-state index is 10.8. The van der Waals surface area contributed by atoms with Crippen LogP contribution in [-0.2, 0) is 11.2 Å². The minimum Gasteiger partial charge on any atom is -0.480 e. The third-order valence-electron chi connectivity index (χ3n) is 2.37. The van der Waals surface area contributed by atoms with Gasteiger partial charge in [0.2, 0.25) is 0 Å². The van der Waals surface area contributed by atoms with E-state index < -0.39 is 12.0 Å². The van der Waals surface area contributed by atoms with Crippen LogP contribution < -0.4 is 4.90 Å². The van der Waals surface area contributed by atoms with E-state index in [2.05, 4.69) is 4.98 Å². The van der Waals surface area contributed by atoms with Crippen LogP contribution in [0.25, 0.3) is 0 Å². The maximum absolute atomic E-state index is 10.8. The lowest BCUT2D eigenvalue weighted by molar-refractivity contribution is -0.138. The molecule has 0 radical (unpaired) electrons. The van der Waals surface area contributed by atoms with Gasteiger partial charge in [-0.2, -0.15) is 0 Å². The van der Waals surface area contributed by atoms with Crippen molar-refractivity contribution < 1.29 is 9.90 Å². The number of aromatic nitrogens is 1. The van der Waals surface area contributed by atoms with Gasteiger partial charge >= 0.3 is 5.97 Å². The molecule has 13 heavy (non-hydrogen) atoms. The van der Waals surface area contributed by atoms with Crippen molar-refractivity contribution in [3.63, 3.8) is 0 Å². The second-order valence-corrected chi connectivity index (χ2v) is 3.16. The normalized spacial score (nSPS) is 20.1. The molecule has 4 heteroatoms. The van der Waals surface area contributed by atoms with E-state index >= 15 is 0 Å². The summed E-state index contributed by atoms with van der Waals surface area (Å²) in [6.45, 7) is 0. The standard InChI is InChI=1S/C9H10N2O2/c1-11-7(9(12)13)5-6-3-2-4-10-8(6)11/h2-4,7H,5H2,1H3,(H,12,13). The molecule has 2 heterocycles. The fraction of sp³-hybridized carbons (Fsp3) is 0.333. The molecule has 0 bridgehead atoms. The fourth-order valence-corrected chi connectivity index (χ4v) is 1.65. The van der Waals surface area contributed by atoms with Crippen LogP contribution in [0.5, 0.6) is 0 Å². The summed E-state index contributed by atoms with van der Waals surface area (Å²) >= 11 is 0. The number of carboxylic acids is 1. The summed E-state index contributed by atoms with van der Waals surface area (Å²) in [7, 11) is 1.76. The molecule has 1 aromatic rings. The summed E-state index contributed by atoms with van der Waals surface area (Å²) in [6.07, 6.45) is 2.23. The minimum absolute atomic E-state index is 0.454. The predicted octanol–water partition coefficient (Wildman–Crippen LogP) is 0.527. The largest absolute Gasteiger partial charge is 0.480 e. The first kappa shape index (κ1) is 8.04. The molecular formula is C9H10N2O2. The molecular weight excluding hydrogens is 168 g/mol. The molecule has 0 aromatic carbocycles. The van der Waals surface area contributed by atoms with Gasteiger partial charge in [0.05, 0.1) is 0 Å². The number of hydrogen-bond acceptors (Lipinski definition) is 3. The zero-order valence-electron chi connectivity index (χ0n) is 7.27. The molecule has 1 aliphatic heterocycles. The molecule has 68 valence electrons. The summed E-state index contributed by atoms with van der Waals surface area (Å²) in [6, 6.07) is 3.29. The van der Waals surface area contributed by atoms with Crippen LogP contribution in [-0.4, -0.2) is 29.1 Å². The number of pyridine rings is 1. The summed E-state index contributed by atoms with van der Waals surface area (Å²) in [5.74, 6) is -0.00426. The Bertz CT molecular complexity index is 351. The lowest BCUT2D eigenvalue weighted by Crippen LogP contribution is -2.35. The molecule has 1 N–H and O–H groups in total. The third kappa shape index (κ3) is 1.14. The average molecular weight is 178 g/mol. The van der Waals surface area contributed by atoms with Crippen molar-refractivity contribution >= 4 is 11.8 Å². The second-order valence-electron chi connectivity index (χ2n) is 3.16. The number of anilines is 1. The molecule has 2 rings (SSSR count). The van der Waals surface area contributed by atoms with Gasteiger partial charge in [0.25, 0.3) is 0 Å². The number of hydrogen-bond donors (Lipinski definition) is 1. The number of likely N-dealkylation sites (N-methyl/N-ethyl adjacent to an activating group) is 1. The number of carboxylic acid groups (broad SMARTS) is 1. The van der Waals surface area contributed by atoms with E-state index in [0.29, 0.717) is 6.42 Å². The number of aliphatic carboxylic acids is 1. The van der Waals surface area contributed by atoms with Crippen molar-refractivity contribution in [1.82, 2.24) is 4.98 Å². The predicted molar refractivity (Wildman–Crippen MR) is 47.8 cm³/mol. The molecule has 1 unspecified atom stereocenters. The van der Waals surface area contributed by atoms with Crippen LogP contribution in [0.15, 0.2) is 18.3 Å². The van der Waals surface area contributed by atoms with Crippen LogP contribution >= 0.6 is 0 Å². The zero-order chi connectivity index (χ0) is 9.42. The van der Waals surface area contributed by atoms with E-state index in [4.69, 9.17) is 5.11 Å². The lowest BCUT2D eigenvalue weighted by atomic mass is 10.1. The van der Waals surface area contributed by atoms with Gasteiger partial charge in [-0.25, -0.2) is 9.78 Å². The molecule has 0 aliphatic carbocycles. The van der Waals surface area contributed by atoms with Gasteiger partial charge in [-0.15, -0.1) is 0 Å². The number of nitrogens with zero attached hydrogens (tertiary/aromatic N) is 2. The topological polar surface area (TPSA) is 53.4 Å². The first-order valence-corrected chi connectivity index (χ1v) is 4.09. The highest BCUT2D eigenvalue weighted by Gasteiger charge is 2.32. The second kappa shape index (κ2) is 2.73. The van der Waals surface area contributed by atoms with Gasteiger partial charge in [-0.05, 0) is 11.6 Å². The van der Waals surface area contributed by atoms with Gasteiger partial charge in [0.1, 0.15) is 11.9 Å². The van der Waals surface area contributed by atoms with Crippen molar-refractivity contribution in [3.8, 4) is 0 Å². The Labute approximate surface area is 75.8 Å². The Morgan fingerprint density at radius 2 is 2.54 bits per heavy atom. The highest BCUT2D eigenvalue weighted by molar-refractivity contribution is 5.81. The third-order valence-corrected chi connectivity index (χ3v) is 2.37. The van der Waals surface area contributed by atoms with E-state index in [1.54, 1.807) is 18.1 Å². The molecule has 0 fully saturated rings. The van der Waals surface area contributed by atoms with Crippen molar-refractivity contribution in [3.05, 3.63) is 23.9 Å². The molecule has 1 aromatic heterocycles. The van der Waals surface area contributed by atoms with Crippen molar-refractivity contribution in [1.29, 1.82) is 0 Å². The van der Waals surface area contributed by atoms with Crippen LogP contribution in [0.1, 0.15) is 5.56 Å². The Hall–Kier alpha value is -1.58. The first-order valence-electron chi connectivity index (χ1n) is 4.09. The van der Waals surface area contributed by atoms with Gasteiger partial charge in [0.15, 0.2) is 0 Å².